The van der Waals surface area contributed by atoms with Gasteiger partial charge in [-0.1, -0.05) is 24.3 Å². The van der Waals surface area contributed by atoms with Crippen molar-refractivity contribution in [2.75, 3.05) is 72.7 Å². The van der Waals surface area contributed by atoms with Gasteiger partial charge in [-0.15, -0.1) is 24.0 Å². The van der Waals surface area contributed by atoms with E-state index in [-0.39, 0.29) is 24.0 Å². The van der Waals surface area contributed by atoms with Gasteiger partial charge in [0.15, 0.2) is 5.96 Å². The molecule has 1 aromatic carbocycles. The molecule has 3 saturated heterocycles. The first-order chi connectivity index (χ1) is 14.3. The van der Waals surface area contributed by atoms with Crippen molar-refractivity contribution >= 4 is 29.9 Å². The second kappa shape index (κ2) is 12.2. The van der Waals surface area contributed by atoms with Crippen LogP contribution in [-0.4, -0.2) is 99.4 Å². The summed E-state index contributed by atoms with van der Waals surface area (Å²) >= 11 is 0. The predicted molar refractivity (Wildman–Crippen MR) is 131 cm³/mol. The second-order valence-corrected chi connectivity index (χ2v) is 8.14. The van der Waals surface area contributed by atoms with Crippen LogP contribution < -0.4 is 5.32 Å². The summed E-state index contributed by atoms with van der Waals surface area (Å²) in [6.07, 6.45) is 1.21. The average molecular weight is 529 g/mol. The molecule has 0 bridgehead atoms. The van der Waals surface area contributed by atoms with E-state index in [1.54, 1.807) is 0 Å². The third-order valence-electron chi connectivity index (χ3n) is 6.22. The summed E-state index contributed by atoms with van der Waals surface area (Å²) in [4.78, 5) is 12.0. The summed E-state index contributed by atoms with van der Waals surface area (Å²) in [6, 6.07) is 9.59. The number of nitrogens with one attached hydrogen (secondary N) is 1. The molecule has 30 heavy (non-hydrogen) atoms. The highest BCUT2D eigenvalue weighted by Crippen LogP contribution is 2.17. The first kappa shape index (κ1) is 23.7. The second-order valence-electron chi connectivity index (χ2n) is 8.14. The number of hydrogen-bond donors (Lipinski definition) is 1. The van der Waals surface area contributed by atoms with Gasteiger partial charge in [-0.25, -0.2) is 0 Å². The molecule has 8 heteroatoms. The van der Waals surface area contributed by atoms with E-state index >= 15 is 0 Å². The molecule has 1 N–H and O–H groups in total. The highest BCUT2D eigenvalue weighted by molar-refractivity contribution is 14.0. The molecule has 1 aromatic rings. The van der Waals surface area contributed by atoms with E-state index in [1.165, 1.54) is 17.5 Å². The van der Waals surface area contributed by atoms with Crippen LogP contribution in [0.25, 0.3) is 0 Å². The van der Waals surface area contributed by atoms with Crippen molar-refractivity contribution in [1.82, 2.24) is 20.0 Å². The summed E-state index contributed by atoms with van der Waals surface area (Å²) in [5.74, 6) is 1.01. The van der Waals surface area contributed by atoms with Gasteiger partial charge in [0.2, 0.25) is 0 Å². The Balaban J connectivity index is 0.00000256. The van der Waals surface area contributed by atoms with Crippen LogP contribution in [0, 0.1) is 0 Å². The Hall–Kier alpha value is -0.940. The van der Waals surface area contributed by atoms with Gasteiger partial charge in [0.25, 0.3) is 0 Å². The zero-order valence-electron chi connectivity index (χ0n) is 18.1. The molecule has 0 spiro atoms. The average Bonchev–Trinajstić information content (AvgIpc) is 3.27. The molecule has 0 aliphatic carbocycles. The number of morpholine rings is 2. The molecule has 0 aromatic heterocycles. The number of likely N-dealkylation sites (tertiary alicyclic amines) is 1. The minimum atomic E-state index is 0. The van der Waals surface area contributed by atoms with E-state index in [9.17, 15) is 0 Å². The van der Waals surface area contributed by atoms with Gasteiger partial charge in [-0.05, 0) is 17.5 Å². The number of guanidine groups is 1. The van der Waals surface area contributed by atoms with Gasteiger partial charge in [0.1, 0.15) is 0 Å². The van der Waals surface area contributed by atoms with E-state index in [2.05, 4.69) is 49.3 Å². The van der Waals surface area contributed by atoms with Crippen LogP contribution >= 0.6 is 24.0 Å². The Kier molecular flexibility index (Phi) is 9.64. The fourth-order valence-corrected chi connectivity index (χ4v) is 4.47. The number of halogens is 1. The highest BCUT2D eigenvalue weighted by atomic mass is 127. The number of rotatable bonds is 5. The lowest BCUT2D eigenvalue weighted by molar-refractivity contribution is 0.0195. The third kappa shape index (κ3) is 6.53. The normalized spacial score (nSPS) is 24.0. The molecule has 3 fully saturated rings. The Bertz CT molecular complexity index is 660. The predicted octanol–water partition coefficient (Wildman–Crippen LogP) is 1.62. The van der Waals surface area contributed by atoms with Crippen molar-refractivity contribution in [3.05, 3.63) is 35.4 Å². The number of ether oxygens (including phenoxy) is 2. The molecule has 0 saturated carbocycles. The summed E-state index contributed by atoms with van der Waals surface area (Å²) in [7, 11) is 1.88. The lowest BCUT2D eigenvalue weighted by Crippen LogP contribution is -2.46. The van der Waals surface area contributed by atoms with Crippen LogP contribution in [-0.2, 0) is 22.6 Å². The van der Waals surface area contributed by atoms with Gasteiger partial charge in [-0.3, -0.25) is 14.8 Å². The van der Waals surface area contributed by atoms with E-state index in [0.29, 0.717) is 6.04 Å². The molecule has 4 rings (SSSR count). The maximum atomic E-state index is 5.49. The zero-order chi connectivity index (χ0) is 19.9. The van der Waals surface area contributed by atoms with Crippen LogP contribution in [0.15, 0.2) is 29.3 Å². The van der Waals surface area contributed by atoms with Crippen LogP contribution in [0.4, 0.5) is 0 Å². The number of aliphatic imine (C=N–C) groups is 1. The highest BCUT2D eigenvalue weighted by Gasteiger charge is 2.30. The maximum Gasteiger partial charge on any atom is 0.193 e. The SMILES string of the molecule is CN=C(NCc1ccc(CN2CCOCC2)cc1)N1CCC(N2CCOCC2)C1.I. The maximum absolute atomic E-state index is 5.49. The Morgan fingerprint density at radius 3 is 2.27 bits per heavy atom. The minimum Gasteiger partial charge on any atom is -0.379 e. The number of benzene rings is 1. The molecule has 0 radical (unpaired) electrons. The number of hydrogen-bond acceptors (Lipinski definition) is 5. The number of nitrogens with zero attached hydrogens (tertiary/aromatic N) is 4. The first-order valence-electron chi connectivity index (χ1n) is 11.0. The molecule has 1 atom stereocenters. The van der Waals surface area contributed by atoms with Gasteiger partial charge < -0.3 is 19.7 Å². The molecule has 3 aliphatic rings. The molecule has 0 amide bonds. The molecule has 7 nitrogen and oxygen atoms in total. The fraction of sp³-hybridized carbons (Fsp3) is 0.682. The molecule has 168 valence electrons. The Labute approximate surface area is 197 Å². The summed E-state index contributed by atoms with van der Waals surface area (Å²) in [5, 5.41) is 3.56. The van der Waals surface area contributed by atoms with E-state index in [0.717, 1.165) is 84.7 Å². The zero-order valence-corrected chi connectivity index (χ0v) is 20.4. The molecule has 3 aliphatic heterocycles. The van der Waals surface area contributed by atoms with E-state index in [4.69, 9.17) is 9.47 Å². The summed E-state index contributed by atoms with van der Waals surface area (Å²) < 4.78 is 10.9. The minimum absolute atomic E-state index is 0. The van der Waals surface area contributed by atoms with Gasteiger partial charge >= 0.3 is 0 Å². The first-order valence-corrected chi connectivity index (χ1v) is 11.0. The lowest BCUT2D eigenvalue weighted by atomic mass is 10.1. The third-order valence-corrected chi connectivity index (χ3v) is 6.22. The fourth-order valence-electron chi connectivity index (χ4n) is 4.47. The van der Waals surface area contributed by atoms with E-state index in [1.807, 2.05) is 7.05 Å². The van der Waals surface area contributed by atoms with Crippen LogP contribution in [0.3, 0.4) is 0 Å². The van der Waals surface area contributed by atoms with Gasteiger partial charge in [0.05, 0.1) is 26.4 Å². The van der Waals surface area contributed by atoms with Crippen LogP contribution in [0.1, 0.15) is 17.5 Å². The lowest BCUT2D eigenvalue weighted by Gasteiger charge is -2.32. The topological polar surface area (TPSA) is 52.6 Å². The molecular weight excluding hydrogens is 493 g/mol. The van der Waals surface area contributed by atoms with E-state index < -0.39 is 0 Å². The molecular formula is C22H36IN5O2. The van der Waals surface area contributed by atoms with Crippen LogP contribution in [0.2, 0.25) is 0 Å². The standard InChI is InChI=1S/C22H35N5O2.HI/c1-23-22(27-7-6-21(18-27)26-10-14-29-15-11-26)24-16-19-2-4-20(5-3-19)17-25-8-12-28-13-9-25;/h2-5,21H,6-18H2,1H3,(H,23,24);1H. The molecule has 1 unspecified atom stereocenters. The Morgan fingerprint density at radius 1 is 0.967 bits per heavy atom. The summed E-state index contributed by atoms with van der Waals surface area (Å²) in [6.45, 7) is 11.5. The van der Waals surface area contributed by atoms with Crippen molar-refractivity contribution in [1.29, 1.82) is 0 Å². The monoisotopic (exact) mass is 529 g/mol. The van der Waals surface area contributed by atoms with Crippen LogP contribution in [0.5, 0.6) is 0 Å². The quantitative estimate of drug-likeness (QED) is 0.356. The van der Waals surface area contributed by atoms with Crippen molar-refractivity contribution in [3.63, 3.8) is 0 Å². The van der Waals surface area contributed by atoms with Crippen molar-refractivity contribution in [2.24, 2.45) is 4.99 Å². The molecule has 3 heterocycles. The summed E-state index contributed by atoms with van der Waals surface area (Å²) in [5.41, 5.74) is 2.66. The smallest absolute Gasteiger partial charge is 0.193 e. The van der Waals surface area contributed by atoms with Gasteiger partial charge in [-0.2, -0.15) is 0 Å². The van der Waals surface area contributed by atoms with Crippen molar-refractivity contribution in [2.45, 2.75) is 25.6 Å². The largest absolute Gasteiger partial charge is 0.379 e. The van der Waals surface area contributed by atoms with Crippen molar-refractivity contribution < 1.29 is 9.47 Å². The Morgan fingerprint density at radius 2 is 1.60 bits per heavy atom. The van der Waals surface area contributed by atoms with Crippen molar-refractivity contribution in [3.8, 4) is 0 Å². The van der Waals surface area contributed by atoms with Gasteiger partial charge in [0, 0.05) is 65.4 Å².